The highest BCUT2D eigenvalue weighted by Crippen LogP contribution is 2.33. The van der Waals surface area contributed by atoms with Gasteiger partial charge in [0.2, 0.25) is 11.7 Å². The fraction of sp³-hybridized carbons (Fsp3) is 0.333. The highest BCUT2D eigenvalue weighted by molar-refractivity contribution is 5.92. The second-order valence-electron chi connectivity index (χ2n) is 10.1. The van der Waals surface area contributed by atoms with Gasteiger partial charge in [-0.1, -0.05) is 24.3 Å². The van der Waals surface area contributed by atoms with E-state index in [-0.39, 0.29) is 30.4 Å². The fourth-order valence-electron chi connectivity index (χ4n) is 4.73. The minimum absolute atomic E-state index is 0.00527. The number of nitrogens with one attached hydrogen (secondary N) is 2. The van der Waals surface area contributed by atoms with Crippen molar-refractivity contribution in [1.82, 2.24) is 20.6 Å². The van der Waals surface area contributed by atoms with Crippen LogP contribution in [0.3, 0.4) is 0 Å². The number of carboxylic acids is 1. The second-order valence-corrected chi connectivity index (χ2v) is 10.1. The van der Waals surface area contributed by atoms with Crippen molar-refractivity contribution in [3.63, 3.8) is 0 Å². The molecule has 0 bridgehead atoms. The van der Waals surface area contributed by atoms with E-state index in [9.17, 15) is 27.6 Å². The minimum atomic E-state index is -4.84. The van der Waals surface area contributed by atoms with Gasteiger partial charge in [-0.05, 0) is 49.1 Å². The highest BCUT2D eigenvalue weighted by Gasteiger charge is 2.38. The molecular formula is C30H30F3N7O4. The van der Waals surface area contributed by atoms with Crippen LogP contribution in [0.15, 0.2) is 54.6 Å². The number of nitrogens with zero attached hydrogens (tertiary/aromatic N) is 5. The summed E-state index contributed by atoms with van der Waals surface area (Å²) in [5.74, 6) is -2.74. The first-order chi connectivity index (χ1) is 21.0. The Balaban J connectivity index is 1.50. The maximum Gasteiger partial charge on any atom is 0.451 e. The Morgan fingerprint density at radius 1 is 1.07 bits per heavy atom. The first-order valence-corrected chi connectivity index (χ1v) is 13.8. The Hall–Kier alpha value is -5.19. The van der Waals surface area contributed by atoms with Crippen molar-refractivity contribution >= 4 is 29.4 Å². The number of hydrogen-bond donors (Lipinski definition) is 3. The standard InChI is InChI=1S/C30H30F3N7O4/c1-39(29(44)36-15-13-26(41)42)22-10-8-21(9-11-22)23-17-25(38-28(37-23)30(31,32)33)40-16-2-3-24(40)27(43)35-14-12-19-4-6-20(18-34)7-5-19/h4-11,17,24H,2-3,12-16H2,1H3,(H,35,43)(H,36,44)(H,41,42)/t24-/m0/s1. The Kier molecular flexibility index (Phi) is 9.99. The van der Waals surface area contributed by atoms with E-state index < -0.39 is 30.0 Å². The quantitative estimate of drug-likeness (QED) is 0.312. The molecule has 1 aromatic heterocycles. The molecule has 0 saturated carbocycles. The third-order valence-electron chi connectivity index (χ3n) is 7.08. The van der Waals surface area contributed by atoms with Gasteiger partial charge in [-0.15, -0.1) is 0 Å². The van der Waals surface area contributed by atoms with Crippen LogP contribution < -0.4 is 20.4 Å². The predicted octanol–water partition coefficient (Wildman–Crippen LogP) is 3.98. The molecule has 1 saturated heterocycles. The van der Waals surface area contributed by atoms with E-state index in [1.54, 1.807) is 29.2 Å². The number of aliphatic carboxylic acids is 1. The zero-order valence-electron chi connectivity index (χ0n) is 23.8. The van der Waals surface area contributed by atoms with Crippen LogP contribution in [-0.4, -0.2) is 65.7 Å². The van der Waals surface area contributed by atoms with Crippen molar-refractivity contribution in [2.24, 2.45) is 0 Å². The molecule has 0 unspecified atom stereocenters. The van der Waals surface area contributed by atoms with Crippen LogP contribution >= 0.6 is 0 Å². The number of aromatic nitrogens is 2. The number of anilines is 2. The molecule has 230 valence electrons. The lowest BCUT2D eigenvalue weighted by molar-refractivity contribution is -0.144. The maximum atomic E-state index is 13.9. The van der Waals surface area contributed by atoms with E-state index in [0.717, 1.165) is 5.56 Å². The van der Waals surface area contributed by atoms with Crippen molar-refractivity contribution in [1.29, 1.82) is 5.26 Å². The molecule has 2 aromatic carbocycles. The molecule has 0 radical (unpaired) electrons. The third-order valence-corrected chi connectivity index (χ3v) is 7.08. The summed E-state index contributed by atoms with van der Waals surface area (Å²) in [5.41, 5.74) is 2.21. The van der Waals surface area contributed by atoms with E-state index in [1.807, 2.05) is 6.07 Å². The molecule has 11 nitrogen and oxygen atoms in total. The number of benzene rings is 2. The molecule has 1 aliphatic rings. The minimum Gasteiger partial charge on any atom is -0.481 e. The summed E-state index contributed by atoms with van der Waals surface area (Å²) in [6, 6.07) is 15.3. The van der Waals surface area contributed by atoms with Crippen LogP contribution in [0.2, 0.25) is 0 Å². The summed E-state index contributed by atoms with van der Waals surface area (Å²) in [4.78, 5) is 46.4. The predicted molar refractivity (Wildman–Crippen MR) is 155 cm³/mol. The second kappa shape index (κ2) is 13.9. The van der Waals surface area contributed by atoms with Crippen LogP contribution in [0.4, 0.5) is 29.5 Å². The van der Waals surface area contributed by atoms with Crippen molar-refractivity contribution in [3.05, 3.63) is 71.5 Å². The molecule has 3 amide bonds. The number of carbonyl (C=O) groups is 3. The lowest BCUT2D eigenvalue weighted by Gasteiger charge is -2.26. The summed E-state index contributed by atoms with van der Waals surface area (Å²) in [7, 11) is 1.47. The number of halogens is 3. The van der Waals surface area contributed by atoms with Crippen molar-refractivity contribution in [2.45, 2.75) is 37.9 Å². The molecule has 2 heterocycles. The smallest absolute Gasteiger partial charge is 0.451 e. The van der Waals surface area contributed by atoms with Crippen LogP contribution in [0.1, 0.15) is 36.2 Å². The first-order valence-electron chi connectivity index (χ1n) is 13.8. The van der Waals surface area contributed by atoms with E-state index in [4.69, 9.17) is 10.4 Å². The van der Waals surface area contributed by atoms with Gasteiger partial charge in [0, 0.05) is 44.0 Å². The van der Waals surface area contributed by atoms with Gasteiger partial charge in [0.05, 0.1) is 23.7 Å². The lowest BCUT2D eigenvalue weighted by atomic mass is 10.1. The van der Waals surface area contributed by atoms with Gasteiger partial charge in [-0.2, -0.15) is 18.4 Å². The average Bonchev–Trinajstić information content (AvgIpc) is 3.51. The normalized spacial score (nSPS) is 14.5. The Bertz CT molecular complexity index is 1540. The first kappa shape index (κ1) is 31.7. The number of carbonyl (C=O) groups excluding carboxylic acids is 2. The number of nitriles is 1. The number of amides is 3. The molecule has 14 heteroatoms. The lowest BCUT2D eigenvalue weighted by Crippen LogP contribution is -2.44. The zero-order valence-corrected chi connectivity index (χ0v) is 23.8. The Morgan fingerprint density at radius 2 is 1.77 bits per heavy atom. The van der Waals surface area contributed by atoms with E-state index in [0.29, 0.717) is 49.2 Å². The summed E-state index contributed by atoms with van der Waals surface area (Å²) in [6.45, 7) is 0.589. The summed E-state index contributed by atoms with van der Waals surface area (Å²) in [5, 5.41) is 23.0. The average molecular weight is 610 g/mol. The number of urea groups is 1. The van der Waals surface area contributed by atoms with Gasteiger partial charge in [-0.25, -0.2) is 14.8 Å². The van der Waals surface area contributed by atoms with Crippen LogP contribution in [0, 0.1) is 11.3 Å². The molecular weight excluding hydrogens is 579 g/mol. The largest absolute Gasteiger partial charge is 0.481 e. The van der Waals surface area contributed by atoms with Crippen LogP contribution in [0.25, 0.3) is 11.3 Å². The molecule has 44 heavy (non-hydrogen) atoms. The molecule has 3 aromatic rings. The molecule has 1 aliphatic heterocycles. The van der Waals surface area contributed by atoms with E-state index in [2.05, 4.69) is 20.6 Å². The van der Waals surface area contributed by atoms with Crippen LogP contribution in [0.5, 0.6) is 0 Å². The molecule has 4 rings (SSSR count). The van der Waals surface area contributed by atoms with E-state index in [1.165, 1.54) is 42.3 Å². The van der Waals surface area contributed by atoms with Crippen molar-refractivity contribution < 1.29 is 32.7 Å². The number of hydrogen-bond acceptors (Lipinski definition) is 7. The van der Waals surface area contributed by atoms with Crippen molar-refractivity contribution in [2.75, 3.05) is 36.5 Å². The third kappa shape index (κ3) is 8.00. The van der Waals surface area contributed by atoms with Crippen LogP contribution in [-0.2, 0) is 22.2 Å². The monoisotopic (exact) mass is 609 g/mol. The number of alkyl halides is 3. The number of rotatable bonds is 10. The summed E-state index contributed by atoms with van der Waals surface area (Å²) >= 11 is 0. The number of carboxylic acid groups (broad SMARTS) is 1. The molecule has 0 spiro atoms. The molecule has 1 atom stereocenters. The van der Waals surface area contributed by atoms with Crippen molar-refractivity contribution in [3.8, 4) is 17.3 Å². The SMILES string of the molecule is CN(C(=O)NCCC(=O)O)c1ccc(-c2cc(N3CCC[C@H]3C(=O)NCCc3ccc(C#N)cc3)nc(C(F)(F)F)n2)cc1. The maximum absolute atomic E-state index is 13.9. The molecule has 3 N–H and O–H groups in total. The Labute approximate surface area is 251 Å². The summed E-state index contributed by atoms with van der Waals surface area (Å²) < 4.78 is 41.6. The van der Waals surface area contributed by atoms with Gasteiger partial charge < -0.3 is 20.6 Å². The van der Waals surface area contributed by atoms with Gasteiger partial charge in [-0.3, -0.25) is 14.5 Å². The Morgan fingerprint density at radius 3 is 2.41 bits per heavy atom. The van der Waals surface area contributed by atoms with Gasteiger partial charge >= 0.3 is 18.2 Å². The fourth-order valence-corrected chi connectivity index (χ4v) is 4.73. The van der Waals surface area contributed by atoms with Gasteiger partial charge in [0.15, 0.2) is 0 Å². The molecule has 1 fully saturated rings. The van der Waals surface area contributed by atoms with Gasteiger partial charge in [0.1, 0.15) is 11.9 Å². The van der Waals surface area contributed by atoms with E-state index >= 15 is 0 Å². The van der Waals surface area contributed by atoms with Gasteiger partial charge in [0.25, 0.3) is 0 Å². The highest BCUT2D eigenvalue weighted by atomic mass is 19.4. The summed E-state index contributed by atoms with van der Waals surface area (Å²) in [6.07, 6.45) is -3.52. The molecule has 0 aliphatic carbocycles. The topological polar surface area (TPSA) is 152 Å². The zero-order chi connectivity index (χ0) is 31.9.